The Kier molecular flexibility index (Phi) is 18.4. The fourth-order valence-corrected chi connectivity index (χ4v) is 6.69. The van der Waals surface area contributed by atoms with Crippen molar-refractivity contribution in [1.82, 2.24) is 0 Å². The molecular formula is C33H48N2Na2O8S2. The molecule has 0 saturated heterocycles. The average Bonchev–Trinajstić information content (AvgIpc) is 3.01. The van der Waals surface area contributed by atoms with Crippen LogP contribution in [-0.2, 0) is 20.2 Å². The van der Waals surface area contributed by atoms with Crippen LogP contribution < -0.4 is 78.4 Å². The number of anilines is 2. The molecule has 3 aromatic carbocycles. The second kappa shape index (κ2) is 19.8. The second-order valence-corrected chi connectivity index (χ2v) is 13.7. The molecule has 0 aromatic heterocycles. The van der Waals surface area contributed by atoms with Crippen LogP contribution in [0.3, 0.4) is 0 Å². The van der Waals surface area contributed by atoms with E-state index < -0.39 is 31.1 Å². The summed E-state index contributed by atoms with van der Waals surface area (Å²) in [5, 5.41) is 0. The van der Waals surface area contributed by atoms with Gasteiger partial charge in [0.2, 0.25) is 10.9 Å². The van der Waals surface area contributed by atoms with Crippen LogP contribution in [0.5, 0.6) is 11.5 Å². The van der Waals surface area contributed by atoms with E-state index in [0.29, 0.717) is 5.56 Å². The van der Waals surface area contributed by atoms with E-state index in [4.69, 9.17) is 9.47 Å². The van der Waals surface area contributed by atoms with Gasteiger partial charge in [0.15, 0.2) is 11.5 Å². The Morgan fingerprint density at radius 1 is 0.574 bits per heavy atom. The first-order chi connectivity index (χ1) is 21.3. The SMILES string of the molecule is CCC(Oc1ccc(C(c2ccc(N(CC)CC)cc2)c2ccc(N(CC)CC)cc2)cc1OC(CC)S(=O)(=O)O)S(=O)(=O)O.[H-].[H-].[Na+].[Na+]. The van der Waals surface area contributed by atoms with E-state index in [0.717, 1.165) is 48.7 Å². The molecule has 47 heavy (non-hydrogen) atoms. The molecule has 0 bridgehead atoms. The first-order valence-corrected chi connectivity index (χ1v) is 18.4. The predicted molar refractivity (Wildman–Crippen MR) is 182 cm³/mol. The van der Waals surface area contributed by atoms with Crippen LogP contribution in [0.2, 0.25) is 0 Å². The number of rotatable bonds is 17. The van der Waals surface area contributed by atoms with Crippen LogP contribution >= 0.6 is 0 Å². The standard InChI is InChI=1S/C33H46N2O8S2.2Na.2H/c1-7-31(44(36,37)38)42-29-22-17-26(23-30(29)43-32(8-2)45(39,40)41)33(24-13-18-27(19-14-24)34(9-3)10-4)25-15-20-28(21-16-25)35(11-5)12-6;;;;/h13-23,31-33H,7-12H2,1-6H3,(H,36,37,38)(H,39,40,41);;;;/q;2*+1;2*-1. The smallest absolute Gasteiger partial charge is 1.00 e. The molecule has 0 aliphatic carbocycles. The zero-order chi connectivity index (χ0) is 33.4. The molecule has 2 unspecified atom stereocenters. The van der Waals surface area contributed by atoms with Crippen molar-refractivity contribution in [3.05, 3.63) is 83.4 Å². The third-order valence-corrected chi connectivity index (χ3v) is 10.0. The first-order valence-electron chi connectivity index (χ1n) is 15.4. The summed E-state index contributed by atoms with van der Waals surface area (Å²) in [6.45, 7) is 14.9. The number of hydrogen-bond donors (Lipinski definition) is 2. The van der Waals surface area contributed by atoms with Crippen molar-refractivity contribution in [2.24, 2.45) is 0 Å². The van der Waals surface area contributed by atoms with Gasteiger partial charge in [0.1, 0.15) is 0 Å². The molecule has 0 aliphatic rings. The van der Waals surface area contributed by atoms with Crippen LogP contribution in [0.1, 0.15) is 79.8 Å². The molecule has 0 heterocycles. The third kappa shape index (κ3) is 11.6. The van der Waals surface area contributed by atoms with E-state index in [1.54, 1.807) is 12.1 Å². The van der Waals surface area contributed by atoms with Gasteiger partial charge >= 0.3 is 79.4 Å². The molecule has 0 spiro atoms. The minimum absolute atomic E-state index is 0. The maximum Gasteiger partial charge on any atom is 1.00 e. The van der Waals surface area contributed by atoms with Crippen LogP contribution in [0.15, 0.2) is 66.7 Å². The van der Waals surface area contributed by atoms with Gasteiger partial charge in [0.25, 0.3) is 0 Å². The number of ether oxygens (including phenoxy) is 2. The Hall–Kier alpha value is -1.32. The summed E-state index contributed by atoms with van der Waals surface area (Å²) >= 11 is 0. The number of hydrogen-bond acceptors (Lipinski definition) is 8. The van der Waals surface area contributed by atoms with Crippen LogP contribution in [0.25, 0.3) is 0 Å². The summed E-state index contributed by atoms with van der Waals surface area (Å²) in [5.41, 5.74) is 1.59. The van der Waals surface area contributed by atoms with E-state index in [1.807, 2.05) is 0 Å². The molecule has 252 valence electrons. The topological polar surface area (TPSA) is 134 Å². The molecule has 0 radical (unpaired) electrons. The zero-order valence-corrected chi connectivity index (χ0v) is 34.5. The van der Waals surface area contributed by atoms with E-state index in [-0.39, 0.29) is 92.2 Å². The van der Waals surface area contributed by atoms with E-state index in [1.165, 1.54) is 19.9 Å². The maximum atomic E-state index is 12.1. The van der Waals surface area contributed by atoms with Gasteiger partial charge in [-0.2, -0.15) is 16.8 Å². The summed E-state index contributed by atoms with van der Waals surface area (Å²) < 4.78 is 79.0. The minimum Gasteiger partial charge on any atom is -1.00 e. The Labute approximate surface area is 328 Å². The summed E-state index contributed by atoms with van der Waals surface area (Å²) in [7, 11) is -9.21. The van der Waals surface area contributed by atoms with Gasteiger partial charge in [-0.25, -0.2) is 0 Å². The minimum atomic E-state index is -4.62. The molecule has 0 aliphatic heterocycles. The first kappa shape index (κ1) is 43.7. The molecule has 3 rings (SSSR count). The number of nitrogens with zero attached hydrogens (tertiary/aromatic N) is 2. The predicted octanol–water partition coefficient (Wildman–Crippen LogP) is 0.798. The maximum absolute atomic E-state index is 12.1. The molecule has 2 N–H and O–H groups in total. The molecule has 2 atom stereocenters. The van der Waals surface area contributed by atoms with Gasteiger partial charge in [0.05, 0.1) is 0 Å². The van der Waals surface area contributed by atoms with Gasteiger partial charge in [0, 0.05) is 43.5 Å². The third-order valence-electron chi connectivity index (χ3n) is 7.86. The quantitative estimate of drug-likeness (QED) is 0.118. The Bertz CT molecular complexity index is 1560. The van der Waals surface area contributed by atoms with Gasteiger partial charge in [-0.1, -0.05) is 44.2 Å². The number of benzene rings is 3. The van der Waals surface area contributed by atoms with Crippen molar-refractivity contribution in [3.8, 4) is 11.5 Å². The normalized spacial score (nSPS) is 12.8. The zero-order valence-electron chi connectivity index (χ0n) is 30.9. The van der Waals surface area contributed by atoms with Gasteiger partial charge in [-0.15, -0.1) is 0 Å². The van der Waals surface area contributed by atoms with Gasteiger partial charge in [-0.05, 0) is 93.6 Å². The Morgan fingerprint density at radius 3 is 1.23 bits per heavy atom. The molecule has 14 heteroatoms. The molecule has 3 aromatic rings. The van der Waals surface area contributed by atoms with Crippen molar-refractivity contribution in [2.75, 3.05) is 36.0 Å². The summed E-state index contributed by atoms with van der Waals surface area (Å²) in [5.74, 6) is -0.492. The largest absolute Gasteiger partial charge is 1.00 e. The van der Waals surface area contributed by atoms with E-state index in [2.05, 4.69) is 86.0 Å². The van der Waals surface area contributed by atoms with Gasteiger partial charge < -0.3 is 22.1 Å². The Morgan fingerprint density at radius 2 is 0.915 bits per heavy atom. The van der Waals surface area contributed by atoms with E-state index in [9.17, 15) is 25.9 Å². The fourth-order valence-electron chi connectivity index (χ4n) is 5.40. The summed E-state index contributed by atoms with van der Waals surface area (Å²) in [4.78, 5) is 4.49. The van der Waals surface area contributed by atoms with Crippen molar-refractivity contribution in [2.45, 2.75) is 71.2 Å². The second-order valence-electron chi connectivity index (χ2n) is 10.6. The fraction of sp³-hybridized carbons (Fsp3) is 0.455. The average molecular weight is 711 g/mol. The molecular weight excluding hydrogens is 662 g/mol. The van der Waals surface area contributed by atoms with Crippen molar-refractivity contribution >= 4 is 31.6 Å². The van der Waals surface area contributed by atoms with Crippen LogP contribution in [0, 0.1) is 0 Å². The molecule has 10 nitrogen and oxygen atoms in total. The van der Waals surface area contributed by atoms with E-state index >= 15 is 0 Å². The van der Waals surface area contributed by atoms with Gasteiger partial charge in [-0.3, -0.25) is 9.11 Å². The van der Waals surface area contributed by atoms with Crippen LogP contribution in [-0.4, -0.2) is 63.0 Å². The van der Waals surface area contributed by atoms with Crippen molar-refractivity contribution < 1.29 is 97.4 Å². The molecule has 0 amide bonds. The summed E-state index contributed by atoms with van der Waals surface area (Å²) in [6.07, 6.45) is -0.156. The molecule has 0 saturated carbocycles. The Balaban J connectivity index is 0. The van der Waals surface area contributed by atoms with Crippen molar-refractivity contribution in [3.63, 3.8) is 0 Å². The van der Waals surface area contributed by atoms with Crippen LogP contribution in [0.4, 0.5) is 11.4 Å². The molecule has 0 fully saturated rings. The summed E-state index contributed by atoms with van der Waals surface area (Å²) in [6, 6.07) is 21.3. The monoisotopic (exact) mass is 710 g/mol. The van der Waals surface area contributed by atoms with Crippen molar-refractivity contribution in [1.29, 1.82) is 0 Å².